The summed E-state index contributed by atoms with van der Waals surface area (Å²) in [7, 11) is 0. The first-order chi connectivity index (χ1) is 12.0. The fourth-order valence-corrected chi connectivity index (χ4v) is 3.00. The van der Waals surface area contributed by atoms with Gasteiger partial charge in [0.2, 0.25) is 5.88 Å². The summed E-state index contributed by atoms with van der Waals surface area (Å²) >= 11 is 0. The van der Waals surface area contributed by atoms with E-state index in [0.29, 0.717) is 13.1 Å². The van der Waals surface area contributed by atoms with Crippen LogP contribution in [0.4, 0.5) is 0 Å². The van der Waals surface area contributed by atoms with Crippen molar-refractivity contribution in [1.82, 2.24) is 9.47 Å². The number of nitriles is 1. The molecule has 0 aromatic carbocycles. The van der Waals surface area contributed by atoms with Crippen LogP contribution in [0.3, 0.4) is 0 Å². The SMILES string of the molecule is Cc1oc(-n2cccc2)c(C#N)c1C(=O)O[C@H](C)C(=O)N1CCCC1. The topological polar surface area (TPSA) is 88.5 Å². The number of carbonyl (C=O) groups is 2. The highest BCUT2D eigenvalue weighted by molar-refractivity contribution is 5.96. The number of carbonyl (C=O) groups excluding carboxylic acids is 2. The summed E-state index contributed by atoms with van der Waals surface area (Å²) in [5.41, 5.74) is 0.159. The highest BCUT2D eigenvalue weighted by Crippen LogP contribution is 2.26. The van der Waals surface area contributed by atoms with Crippen LogP contribution < -0.4 is 0 Å². The zero-order valence-electron chi connectivity index (χ0n) is 14.2. The molecular formula is C18H19N3O4. The number of nitrogens with zero attached hydrogens (tertiary/aromatic N) is 3. The second kappa shape index (κ2) is 6.85. The smallest absolute Gasteiger partial charge is 0.343 e. The molecule has 0 bridgehead atoms. The molecule has 7 nitrogen and oxygen atoms in total. The summed E-state index contributed by atoms with van der Waals surface area (Å²) in [4.78, 5) is 26.5. The van der Waals surface area contributed by atoms with Gasteiger partial charge in [0, 0.05) is 25.5 Å². The summed E-state index contributed by atoms with van der Waals surface area (Å²) in [5.74, 6) is -0.395. The Hall–Kier alpha value is -3.01. The van der Waals surface area contributed by atoms with E-state index in [4.69, 9.17) is 9.15 Å². The Labute approximate surface area is 145 Å². The van der Waals surface area contributed by atoms with Gasteiger partial charge in [-0.05, 0) is 38.8 Å². The first-order valence-corrected chi connectivity index (χ1v) is 8.19. The zero-order valence-corrected chi connectivity index (χ0v) is 14.2. The lowest BCUT2D eigenvalue weighted by atomic mass is 10.1. The largest absolute Gasteiger partial charge is 0.449 e. The van der Waals surface area contributed by atoms with Gasteiger partial charge in [0.15, 0.2) is 6.10 Å². The van der Waals surface area contributed by atoms with Crippen LogP contribution in [0.15, 0.2) is 28.9 Å². The van der Waals surface area contributed by atoms with Crippen LogP contribution >= 0.6 is 0 Å². The molecule has 25 heavy (non-hydrogen) atoms. The van der Waals surface area contributed by atoms with E-state index in [2.05, 4.69) is 0 Å². The Bertz CT molecular complexity index is 823. The van der Waals surface area contributed by atoms with Crippen molar-refractivity contribution in [2.45, 2.75) is 32.8 Å². The van der Waals surface area contributed by atoms with Crippen molar-refractivity contribution in [3.63, 3.8) is 0 Å². The van der Waals surface area contributed by atoms with E-state index in [-0.39, 0.29) is 28.7 Å². The van der Waals surface area contributed by atoms with Crippen LogP contribution in [-0.4, -0.2) is 40.5 Å². The van der Waals surface area contributed by atoms with Crippen molar-refractivity contribution in [3.05, 3.63) is 41.4 Å². The minimum Gasteiger partial charge on any atom is -0.449 e. The second-order valence-corrected chi connectivity index (χ2v) is 6.00. The quantitative estimate of drug-likeness (QED) is 0.797. The van der Waals surface area contributed by atoms with Gasteiger partial charge in [0.05, 0.1) is 0 Å². The Morgan fingerprint density at radius 3 is 2.52 bits per heavy atom. The van der Waals surface area contributed by atoms with Crippen molar-refractivity contribution in [2.24, 2.45) is 0 Å². The first kappa shape index (κ1) is 16.8. The fourth-order valence-electron chi connectivity index (χ4n) is 3.00. The maximum atomic E-state index is 12.5. The average molecular weight is 341 g/mol. The fraction of sp³-hybridized carbons (Fsp3) is 0.389. The standard InChI is InChI=1S/C18H19N3O4/c1-12-15(14(11-19)17(24-12)21-9-5-6-10-21)18(23)25-13(2)16(22)20-7-3-4-8-20/h5-6,9-10,13H,3-4,7-8H2,1-2H3/t13-/m1/s1. The summed E-state index contributed by atoms with van der Waals surface area (Å²) in [6.07, 6.45) is 4.46. The van der Waals surface area contributed by atoms with Crippen molar-refractivity contribution in [3.8, 4) is 12.0 Å². The van der Waals surface area contributed by atoms with E-state index >= 15 is 0 Å². The number of hydrogen-bond acceptors (Lipinski definition) is 5. The Kier molecular flexibility index (Phi) is 4.61. The Morgan fingerprint density at radius 2 is 1.92 bits per heavy atom. The Morgan fingerprint density at radius 1 is 1.28 bits per heavy atom. The highest BCUT2D eigenvalue weighted by Gasteiger charge is 2.30. The second-order valence-electron chi connectivity index (χ2n) is 6.00. The maximum absolute atomic E-state index is 12.5. The predicted molar refractivity (Wildman–Crippen MR) is 88.2 cm³/mol. The van der Waals surface area contributed by atoms with E-state index in [9.17, 15) is 14.9 Å². The van der Waals surface area contributed by atoms with Gasteiger partial charge in [0.1, 0.15) is 23.0 Å². The van der Waals surface area contributed by atoms with Crippen LogP contribution in [0.5, 0.6) is 0 Å². The molecule has 2 aromatic rings. The lowest BCUT2D eigenvalue weighted by Crippen LogP contribution is -2.38. The molecular weight excluding hydrogens is 322 g/mol. The molecule has 0 aliphatic carbocycles. The molecule has 3 heterocycles. The molecule has 1 fully saturated rings. The van der Waals surface area contributed by atoms with Crippen LogP contribution in [0.25, 0.3) is 5.88 Å². The molecule has 1 saturated heterocycles. The molecule has 0 N–H and O–H groups in total. The summed E-state index contributed by atoms with van der Waals surface area (Å²) in [5, 5.41) is 9.47. The van der Waals surface area contributed by atoms with E-state index in [0.717, 1.165) is 12.8 Å². The monoisotopic (exact) mass is 341 g/mol. The summed E-state index contributed by atoms with van der Waals surface area (Å²) in [6.45, 7) is 4.52. The predicted octanol–water partition coefficient (Wildman–Crippen LogP) is 2.42. The number of rotatable bonds is 4. The lowest BCUT2D eigenvalue weighted by molar-refractivity contribution is -0.138. The number of esters is 1. The molecule has 0 saturated carbocycles. The van der Waals surface area contributed by atoms with E-state index in [1.165, 1.54) is 0 Å². The number of aromatic nitrogens is 1. The Balaban J connectivity index is 1.82. The molecule has 7 heteroatoms. The molecule has 0 radical (unpaired) electrons. The molecule has 1 amide bonds. The molecule has 0 unspecified atom stereocenters. The first-order valence-electron chi connectivity index (χ1n) is 8.19. The number of aryl methyl sites for hydroxylation is 1. The maximum Gasteiger partial charge on any atom is 0.343 e. The molecule has 0 spiro atoms. The average Bonchev–Trinajstić information content (AvgIpc) is 3.33. The van der Waals surface area contributed by atoms with Gasteiger partial charge in [-0.1, -0.05) is 0 Å². The van der Waals surface area contributed by atoms with Gasteiger partial charge >= 0.3 is 5.97 Å². The third-order valence-electron chi connectivity index (χ3n) is 4.27. The number of likely N-dealkylation sites (tertiary alicyclic amines) is 1. The molecule has 3 rings (SSSR count). The van der Waals surface area contributed by atoms with Crippen molar-refractivity contribution in [1.29, 1.82) is 5.26 Å². The molecule has 2 aromatic heterocycles. The van der Waals surface area contributed by atoms with Crippen molar-refractivity contribution < 1.29 is 18.7 Å². The van der Waals surface area contributed by atoms with E-state index in [1.54, 1.807) is 47.8 Å². The number of furan rings is 1. The van der Waals surface area contributed by atoms with Crippen LogP contribution in [0.2, 0.25) is 0 Å². The van der Waals surface area contributed by atoms with Crippen LogP contribution in [-0.2, 0) is 9.53 Å². The van der Waals surface area contributed by atoms with E-state index in [1.807, 2.05) is 6.07 Å². The van der Waals surface area contributed by atoms with Crippen LogP contribution in [0.1, 0.15) is 41.4 Å². The minimum atomic E-state index is -0.901. The number of amides is 1. The van der Waals surface area contributed by atoms with Gasteiger partial charge in [-0.2, -0.15) is 5.26 Å². The van der Waals surface area contributed by atoms with Gasteiger partial charge in [-0.3, -0.25) is 9.36 Å². The van der Waals surface area contributed by atoms with Gasteiger partial charge in [-0.25, -0.2) is 4.79 Å². The summed E-state index contributed by atoms with van der Waals surface area (Å²) in [6, 6.07) is 5.57. The van der Waals surface area contributed by atoms with Crippen molar-refractivity contribution in [2.75, 3.05) is 13.1 Å². The minimum absolute atomic E-state index is 0.0623. The molecule has 130 valence electrons. The third-order valence-corrected chi connectivity index (χ3v) is 4.27. The van der Waals surface area contributed by atoms with Crippen LogP contribution in [0, 0.1) is 18.3 Å². The van der Waals surface area contributed by atoms with Gasteiger partial charge < -0.3 is 14.1 Å². The number of ether oxygens (including phenoxy) is 1. The van der Waals surface area contributed by atoms with Gasteiger partial charge in [0.25, 0.3) is 5.91 Å². The molecule has 1 aliphatic rings. The van der Waals surface area contributed by atoms with Gasteiger partial charge in [-0.15, -0.1) is 0 Å². The molecule has 1 atom stereocenters. The summed E-state index contributed by atoms with van der Waals surface area (Å²) < 4.78 is 12.5. The normalized spacial score (nSPS) is 15.0. The van der Waals surface area contributed by atoms with E-state index < -0.39 is 12.1 Å². The number of hydrogen-bond donors (Lipinski definition) is 0. The zero-order chi connectivity index (χ0) is 18.0. The third kappa shape index (κ3) is 3.15. The molecule has 1 aliphatic heterocycles. The lowest BCUT2D eigenvalue weighted by Gasteiger charge is -2.20. The van der Waals surface area contributed by atoms with Crippen molar-refractivity contribution >= 4 is 11.9 Å². The highest BCUT2D eigenvalue weighted by atomic mass is 16.5.